The van der Waals surface area contributed by atoms with Crippen LogP contribution in [-0.4, -0.2) is 18.6 Å². The van der Waals surface area contributed by atoms with Crippen molar-refractivity contribution in [2.75, 3.05) is 6.61 Å². The molecule has 100 valence electrons. The molecule has 0 aliphatic heterocycles. The molecule has 0 saturated heterocycles. The standard InChI is InChI=1S/C16H19NO2/c1-2-19-14-7-5-12(6-8-14)16(18)17-15-10-11-3-4-13(15)9-11/h3-8,11,13,15H,2,9-10H2,1H3,(H,17,18). The van der Waals surface area contributed by atoms with E-state index in [1.54, 1.807) is 0 Å². The highest BCUT2D eigenvalue weighted by Gasteiger charge is 2.36. The summed E-state index contributed by atoms with van der Waals surface area (Å²) in [6.07, 6.45) is 6.82. The molecule has 0 heterocycles. The molecule has 0 spiro atoms. The van der Waals surface area contributed by atoms with Gasteiger partial charge in [0.05, 0.1) is 6.61 Å². The van der Waals surface area contributed by atoms with Crippen molar-refractivity contribution < 1.29 is 9.53 Å². The van der Waals surface area contributed by atoms with E-state index in [9.17, 15) is 4.79 Å². The fourth-order valence-corrected chi connectivity index (χ4v) is 3.07. The molecule has 0 aromatic heterocycles. The smallest absolute Gasteiger partial charge is 0.251 e. The molecule has 1 amide bonds. The fraction of sp³-hybridized carbons (Fsp3) is 0.438. The van der Waals surface area contributed by atoms with E-state index < -0.39 is 0 Å². The molecule has 3 heteroatoms. The maximum atomic E-state index is 12.2. The number of benzene rings is 1. The van der Waals surface area contributed by atoms with Crippen LogP contribution in [0, 0.1) is 11.8 Å². The zero-order chi connectivity index (χ0) is 13.2. The van der Waals surface area contributed by atoms with Gasteiger partial charge in [-0.15, -0.1) is 0 Å². The van der Waals surface area contributed by atoms with Gasteiger partial charge in [-0.3, -0.25) is 4.79 Å². The Kier molecular flexibility index (Phi) is 3.28. The number of nitrogens with one attached hydrogen (secondary N) is 1. The number of hydrogen-bond acceptors (Lipinski definition) is 2. The van der Waals surface area contributed by atoms with Crippen LogP contribution in [0.3, 0.4) is 0 Å². The van der Waals surface area contributed by atoms with Gasteiger partial charge in [0.25, 0.3) is 5.91 Å². The molecular weight excluding hydrogens is 238 g/mol. The minimum Gasteiger partial charge on any atom is -0.494 e. The summed E-state index contributed by atoms with van der Waals surface area (Å²) in [4.78, 5) is 12.2. The van der Waals surface area contributed by atoms with E-state index in [-0.39, 0.29) is 5.91 Å². The lowest BCUT2D eigenvalue weighted by atomic mass is 10.0. The van der Waals surface area contributed by atoms with Gasteiger partial charge in [-0.25, -0.2) is 0 Å². The van der Waals surface area contributed by atoms with Gasteiger partial charge in [-0.05, 0) is 55.9 Å². The molecule has 1 N–H and O–H groups in total. The molecule has 1 saturated carbocycles. The summed E-state index contributed by atoms with van der Waals surface area (Å²) in [5, 5.41) is 3.15. The van der Waals surface area contributed by atoms with Gasteiger partial charge in [-0.2, -0.15) is 0 Å². The third-order valence-electron chi connectivity index (χ3n) is 4.02. The lowest BCUT2D eigenvalue weighted by molar-refractivity contribution is 0.0931. The molecule has 3 nitrogen and oxygen atoms in total. The van der Waals surface area contributed by atoms with Crippen molar-refractivity contribution in [2.45, 2.75) is 25.8 Å². The van der Waals surface area contributed by atoms with Crippen LogP contribution in [-0.2, 0) is 0 Å². The van der Waals surface area contributed by atoms with Crippen molar-refractivity contribution in [1.82, 2.24) is 5.32 Å². The summed E-state index contributed by atoms with van der Waals surface area (Å²) >= 11 is 0. The number of ether oxygens (including phenoxy) is 1. The van der Waals surface area contributed by atoms with E-state index in [0.717, 1.165) is 12.2 Å². The van der Waals surface area contributed by atoms with Crippen LogP contribution >= 0.6 is 0 Å². The molecule has 3 rings (SSSR count). The summed E-state index contributed by atoms with van der Waals surface area (Å²) < 4.78 is 5.37. The molecule has 3 atom stereocenters. The number of carbonyl (C=O) groups is 1. The van der Waals surface area contributed by atoms with Crippen molar-refractivity contribution in [3.63, 3.8) is 0 Å². The Morgan fingerprint density at radius 1 is 1.26 bits per heavy atom. The minimum atomic E-state index is 0.0222. The Hall–Kier alpha value is -1.77. The van der Waals surface area contributed by atoms with Crippen LogP contribution in [0.5, 0.6) is 5.75 Å². The average Bonchev–Trinajstić information content (AvgIpc) is 3.02. The first-order valence-corrected chi connectivity index (χ1v) is 6.98. The molecule has 1 fully saturated rings. The Balaban J connectivity index is 1.62. The van der Waals surface area contributed by atoms with E-state index in [1.165, 1.54) is 6.42 Å². The third kappa shape index (κ3) is 2.50. The first-order chi connectivity index (χ1) is 9.26. The van der Waals surface area contributed by atoms with Crippen LogP contribution in [0.15, 0.2) is 36.4 Å². The highest BCUT2D eigenvalue weighted by Crippen LogP contribution is 2.39. The van der Waals surface area contributed by atoms with Gasteiger partial charge in [0.15, 0.2) is 0 Å². The number of carbonyl (C=O) groups excluding carboxylic acids is 1. The first-order valence-electron chi connectivity index (χ1n) is 6.98. The second kappa shape index (κ2) is 5.08. The second-order valence-electron chi connectivity index (χ2n) is 5.32. The summed E-state index contributed by atoms with van der Waals surface area (Å²) in [7, 11) is 0. The number of allylic oxidation sites excluding steroid dienone is 1. The second-order valence-corrected chi connectivity index (χ2v) is 5.32. The van der Waals surface area contributed by atoms with Crippen LogP contribution in [0.4, 0.5) is 0 Å². The first kappa shape index (κ1) is 12.3. The van der Waals surface area contributed by atoms with Gasteiger partial charge in [0.1, 0.15) is 5.75 Å². The molecule has 1 aromatic carbocycles. The van der Waals surface area contributed by atoms with Gasteiger partial charge in [-0.1, -0.05) is 12.2 Å². The number of fused-ring (bicyclic) bond motifs is 2. The summed E-state index contributed by atoms with van der Waals surface area (Å²) in [6.45, 7) is 2.59. The zero-order valence-corrected chi connectivity index (χ0v) is 11.1. The molecule has 19 heavy (non-hydrogen) atoms. The summed E-state index contributed by atoms with van der Waals surface area (Å²) in [5.41, 5.74) is 0.704. The SMILES string of the molecule is CCOc1ccc(C(=O)NC2CC3C=CC2C3)cc1. The van der Waals surface area contributed by atoms with Gasteiger partial charge in [0.2, 0.25) is 0 Å². The van der Waals surface area contributed by atoms with Crippen LogP contribution in [0.25, 0.3) is 0 Å². The van der Waals surface area contributed by atoms with E-state index in [1.807, 2.05) is 31.2 Å². The lowest BCUT2D eigenvalue weighted by Gasteiger charge is -2.19. The molecular formula is C16H19NO2. The molecule has 2 aliphatic rings. The normalized spacial score (nSPS) is 27.5. The largest absolute Gasteiger partial charge is 0.494 e. The monoisotopic (exact) mass is 257 g/mol. The number of hydrogen-bond donors (Lipinski definition) is 1. The quantitative estimate of drug-likeness (QED) is 0.842. The average molecular weight is 257 g/mol. The zero-order valence-electron chi connectivity index (χ0n) is 11.1. The predicted molar refractivity (Wildman–Crippen MR) is 74.2 cm³/mol. The Bertz CT molecular complexity index is 492. The van der Waals surface area contributed by atoms with Crippen molar-refractivity contribution in [3.05, 3.63) is 42.0 Å². The van der Waals surface area contributed by atoms with Crippen molar-refractivity contribution in [1.29, 1.82) is 0 Å². The van der Waals surface area contributed by atoms with E-state index in [2.05, 4.69) is 17.5 Å². The molecule has 0 radical (unpaired) electrons. The maximum absolute atomic E-state index is 12.2. The Labute approximate surface area is 113 Å². The van der Waals surface area contributed by atoms with Crippen LogP contribution in [0.1, 0.15) is 30.1 Å². The minimum absolute atomic E-state index is 0.0222. The Morgan fingerprint density at radius 3 is 2.63 bits per heavy atom. The molecule has 2 aliphatic carbocycles. The molecule has 2 bridgehead atoms. The third-order valence-corrected chi connectivity index (χ3v) is 4.02. The molecule has 3 unspecified atom stereocenters. The number of rotatable bonds is 4. The van der Waals surface area contributed by atoms with Gasteiger partial charge >= 0.3 is 0 Å². The van der Waals surface area contributed by atoms with Gasteiger partial charge < -0.3 is 10.1 Å². The predicted octanol–water partition coefficient (Wildman–Crippen LogP) is 2.78. The van der Waals surface area contributed by atoms with Gasteiger partial charge in [0, 0.05) is 11.6 Å². The maximum Gasteiger partial charge on any atom is 0.251 e. The van der Waals surface area contributed by atoms with Crippen LogP contribution < -0.4 is 10.1 Å². The van der Waals surface area contributed by atoms with E-state index >= 15 is 0 Å². The highest BCUT2D eigenvalue weighted by molar-refractivity contribution is 5.94. The van der Waals surface area contributed by atoms with Crippen molar-refractivity contribution >= 4 is 5.91 Å². The van der Waals surface area contributed by atoms with E-state index in [0.29, 0.717) is 30.0 Å². The Morgan fingerprint density at radius 2 is 2.05 bits per heavy atom. The molecule has 1 aromatic rings. The summed E-state index contributed by atoms with van der Waals surface area (Å²) in [6, 6.07) is 7.65. The van der Waals surface area contributed by atoms with Crippen LogP contribution in [0.2, 0.25) is 0 Å². The lowest BCUT2D eigenvalue weighted by Crippen LogP contribution is -2.37. The topological polar surface area (TPSA) is 38.3 Å². The van der Waals surface area contributed by atoms with Crippen molar-refractivity contribution in [2.24, 2.45) is 11.8 Å². The summed E-state index contributed by atoms with van der Waals surface area (Å²) in [5.74, 6) is 2.04. The highest BCUT2D eigenvalue weighted by atomic mass is 16.5. The fourth-order valence-electron chi connectivity index (χ4n) is 3.07. The van der Waals surface area contributed by atoms with E-state index in [4.69, 9.17) is 4.74 Å². The number of amides is 1. The van der Waals surface area contributed by atoms with Crippen molar-refractivity contribution in [3.8, 4) is 5.75 Å².